The zero-order chi connectivity index (χ0) is 18.1. The molecule has 1 atom stereocenters. The summed E-state index contributed by atoms with van der Waals surface area (Å²) in [6.45, 7) is 1.93. The third kappa shape index (κ3) is 3.30. The summed E-state index contributed by atoms with van der Waals surface area (Å²) in [5, 5.41) is 0.755. The number of aromatic nitrogens is 1. The lowest BCUT2D eigenvalue weighted by molar-refractivity contribution is 0.208. The molecule has 26 heavy (non-hydrogen) atoms. The molecule has 134 valence electrons. The predicted molar refractivity (Wildman–Crippen MR) is 100 cm³/mol. The second kappa shape index (κ2) is 6.70. The van der Waals surface area contributed by atoms with E-state index in [1.807, 2.05) is 18.2 Å². The molecule has 0 saturated carbocycles. The summed E-state index contributed by atoms with van der Waals surface area (Å²) in [6.07, 6.45) is 2.58. The molecule has 2 aromatic carbocycles. The van der Waals surface area contributed by atoms with Crippen molar-refractivity contribution in [2.45, 2.75) is 22.3 Å². The van der Waals surface area contributed by atoms with Crippen LogP contribution in [-0.4, -0.2) is 44.5 Å². The Labute approximate surface area is 153 Å². The average Bonchev–Trinajstić information content (AvgIpc) is 3.06. The highest BCUT2D eigenvalue weighted by molar-refractivity contribution is 7.91. The number of pyridine rings is 1. The summed E-state index contributed by atoms with van der Waals surface area (Å²) in [5.74, 6) is 0.744. The molecule has 1 aliphatic rings. The summed E-state index contributed by atoms with van der Waals surface area (Å²) in [5.41, 5.74) is 0.743. The Morgan fingerprint density at radius 1 is 1.08 bits per heavy atom. The molecular weight excluding hydrogens is 348 g/mol. The number of nitrogens with zero attached hydrogens (tertiary/aromatic N) is 2. The van der Waals surface area contributed by atoms with E-state index in [1.54, 1.807) is 36.4 Å². The summed E-state index contributed by atoms with van der Waals surface area (Å²) >= 11 is 0. The number of likely N-dealkylation sites (tertiary alicyclic amines) is 1. The monoisotopic (exact) mass is 368 g/mol. The van der Waals surface area contributed by atoms with Gasteiger partial charge in [0.2, 0.25) is 9.84 Å². The van der Waals surface area contributed by atoms with Crippen molar-refractivity contribution in [1.29, 1.82) is 0 Å². The van der Waals surface area contributed by atoms with Gasteiger partial charge in [-0.05, 0) is 49.9 Å². The van der Waals surface area contributed by atoms with Crippen LogP contribution in [0.4, 0.5) is 0 Å². The van der Waals surface area contributed by atoms with Gasteiger partial charge in [-0.25, -0.2) is 8.42 Å². The number of ether oxygens (including phenoxy) is 1. The predicted octanol–water partition coefficient (Wildman–Crippen LogP) is 3.15. The van der Waals surface area contributed by atoms with Crippen LogP contribution in [0.15, 0.2) is 70.6 Å². The van der Waals surface area contributed by atoms with Crippen molar-refractivity contribution in [3.05, 3.63) is 60.8 Å². The summed E-state index contributed by atoms with van der Waals surface area (Å²) in [6, 6.07) is 15.7. The van der Waals surface area contributed by atoms with Crippen LogP contribution in [0, 0.1) is 0 Å². The van der Waals surface area contributed by atoms with Crippen molar-refractivity contribution in [2.24, 2.45) is 0 Å². The Morgan fingerprint density at radius 3 is 2.62 bits per heavy atom. The van der Waals surface area contributed by atoms with E-state index >= 15 is 0 Å². The molecule has 0 aliphatic carbocycles. The maximum absolute atomic E-state index is 12.8. The van der Waals surface area contributed by atoms with E-state index in [9.17, 15) is 8.42 Å². The van der Waals surface area contributed by atoms with Gasteiger partial charge in [0, 0.05) is 24.7 Å². The van der Waals surface area contributed by atoms with Gasteiger partial charge < -0.3 is 9.64 Å². The molecule has 1 aromatic heterocycles. The Kier molecular flexibility index (Phi) is 4.38. The van der Waals surface area contributed by atoms with Gasteiger partial charge in [0.05, 0.1) is 15.3 Å². The van der Waals surface area contributed by atoms with Crippen molar-refractivity contribution in [3.63, 3.8) is 0 Å². The van der Waals surface area contributed by atoms with Crippen molar-refractivity contribution in [2.75, 3.05) is 20.1 Å². The Balaban J connectivity index is 1.68. The molecule has 0 amide bonds. The SMILES string of the molecule is CN1CC[C@H](Oc2ccc3ncc(S(=O)(=O)c4ccccc4)cc3c2)C1. The fourth-order valence-corrected chi connectivity index (χ4v) is 4.49. The van der Waals surface area contributed by atoms with Crippen molar-refractivity contribution in [3.8, 4) is 5.75 Å². The van der Waals surface area contributed by atoms with Crippen LogP contribution < -0.4 is 4.74 Å². The Hall–Kier alpha value is -2.44. The molecule has 0 unspecified atom stereocenters. The second-order valence-corrected chi connectivity index (χ2v) is 8.58. The first-order valence-electron chi connectivity index (χ1n) is 8.57. The Bertz CT molecular complexity index is 1040. The number of likely N-dealkylation sites (N-methyl/N-ethyl adjacent to an activating group) is 1. The van der Waals surface area contributed by atoms with Crippen LogP contribution in [0.3, 0.4) is 0 Å². The van der Waals surface area contributed by atoms with Gasteiger partial charge in [-0.15, -0.1) is 0 Å². The minimum atomic E-state index is -3.58. The number of hydrogen-bond donors (Lipinski definition) is 0. The average molecular weight is 368 g/mol. The first-order valence-corrected chi connectivity index (χ1v) is 10.1. The van der Waals surface area contributed by atoms with E-state index in [4.69, 9.17) is 4.74 Å². The molecule has 0 spiro atoms. The molecule has 0 bridgehead atoms. The van der Waals surface area contributed by atoms with Crippen LogP contribution in [0.25, 0.3) is 10.9 Å². The minimum Gasteiger partial charge on any atom is -0.489 e. The Morgan fingerprint density at radius 2 is 1.88 bits per heavy atom. The van der Waals surface area contributed by atoms with Crippen molar-refractivity contribution in [1.82, 2.24) is 9.88 Å². The summed E-state index contributed by atoms with van der Waals surface area (Å²) in [7, 11) is -1.51. The molecule has 1 aliphatic heterocycles. The zero-order valence-corrected chi connectivity index (χ0v) is 15.3. The quantitative estimate of drug-likeness (QED) is 0.708. The second-order valence-electron chi connectivity index (χ2n) is 6.63. The maximum Gasteiger partial charge on any atom is 0.208 e. The van der Waals surface area contributed by atoms with Gasteiger partial charge in [0.1, 0.15) is 11.9 Å². The molecule has 4 rings (SSSR count). The zero-order valence-electron chi connectivity index (χ0n) is 14.5. The fraction of sp³-hybridized carbons (Fsp3) is 0.250. The lowest BCUT2D eigenvalue weighted by Crippen LogP contribution is -2.21. The number of fused-ring (bicyclic) bond motifs is 1. The molecule has 6 heteroatoms. The number of benzene rings is 2. The molecule has 1 saturated heterocycles. The van der Waals surface area contributed by atoms with Crippen molar-refractivity contribution >= 4 is 20.7 Å². The van der Waals surface area contributed by atoms with E-state index in [2.05, 4.69) is 16.9 Å². The minimum absolute atomic E-state index is 0.168. The summed E-state index contributed by atoms with van der Waals surface area (Å²) in [4.78, 5) is 7.00. The lowest BCUT2D eigenvalue weighted by Gasteiger charge is -2.14. The molecule has 1 fully saturated rings. The smallest absolute Gasteiger partial charge is 0.208 e. The molecule has 0 N–H and O–H groups in total. The fourth-order valence-electron chi connectivity index (χ4n) is 3.23. The molecule has 3 aromatic rings. The van der Waals surface area contributed by atoms with Crippen molar-refractivity contribution < 1.29 is 13.2 Å². The van der Waals surface area contributed by atoms with E-state index in [0.29, 0.717) is 0 Å². The van der Waals surface area contributed by atoms with Crippen LogP contribution in [0.5, 0.6) is 5.75 Å². The molecule has 2 heterocycles. The van der Waals surface area contributed by atoms with Crippen LogP contribution in [0.2, 0.25) is 0 Å². The first-order chi connectivity index (χ1) is 12.5. The van der Waals surface area contributed by atoms with Crippen LogP contribution >= 0.6 is 0 Å². The highest BCUT2D eigenvalue weighted by Crippen LogP contribution is 2.26. The van der Waals surface area contributed by atoms with Gasteiger partial charge in [-0.2, -0.15) is 0 Å². The van der Waals surface area contributed by atoms with Gasteiger partial charge in [-0.3, -0.25) is 4.98 Å². The molecular formula is C20H20N2O3S. The highest BCUT2D eigenvalue weighted by Gasteiger charge is 2.21. The van der Waals surface area contributed by atoms with Crippen LogP contribution in [0.1, 0.15) is 6.42 Å². The summed E-state index contributed by atoms with van der Waals surface area (Å²) < 4.78 is 31.6. The van der Waals surface area contributed by atoms with Gasteiger partial charge in [-0.1, -0.05) is 18.2 Å². The third-order valence-electron chi connectivity index (χ3n) is 4.64. The third-order valence-corrected chi connectivity index (χ3v) is 6.38. The topological polar surface area (TPSA) is 59.5 Å². The van der Waals surface area contributed by atoms with Gasteiger partial charge in [0.15, 0.2) is 0 Å². The van der Waals surface area contributed by atoms with E-state index in [-0.39, 0.29) is 15.9 Å². The maximum atomic E-state index is 12.8. The van der Waals surface area contributed by atoms with E-state index < -0.39 is 9.84 Å². The normalized spacial score (nSPS) is 18.3. The number of rotatable bonds is 4. The standard InChI is InChI=1S/C20H20N2O3S/c1-22-10-9-17(14-22)25-16-7-8-20-15(11-16)12-19(13-21-20)26(23,24)18-5-3-2-4-6-18/h2-8,11-13,17H,9-10,14H2,1H3/t17-/m0/s1. The molecule has 5 nitrogen and oxygen atoms in total. The lowest BCUT2D eigenvalue weighted by atomic mass is 10.2. The first kappa shape index (κ1) is 17.0. The van der Waals surface area contributed by atoms with Crippen LogP contribution in [-0.2, 0) is 9.84 Å². The molecule has 0 radical (unpaired) electrons. The van der Waals surface area contributed by atoms with E-state index in [0.717, 1.165) is 36.2 Å². The van der Waals surface area contributed by atoms with E-state index in [1.165, 1.54) is 6.20 Å². The number of hydrogen-bond acceptors (Lipinski definition) is 5. The largest absolute Gasteiger partial charge is 0.489 e. The number of sulfone groups is 1. The van der Waals surface area contributed by atoms with Gasteiger partial charge >= 0.3 is 0 Å². The van der Waals surface area contributed by atoms with Gasteiger partial charge in [0.25, 0.3) is 0 Å². The highest BCUT2D eigenvalue weighted by atomic mass is 32.2.